The fourth-order valence-corrected chi connectivity index (χ4v) is 1.81. The summed E-state index contributed by atoms with van der Waals surface area (Å²) in [4.78, 5) is 0. The highest BCUT2D eigenvalue weighted by Gasteiger charge is 2.00. The minimum absolute atomic E-state index is 0.190. The molecule has 0 saturated heterocycles. The van der Waals surface area contributed by atoms with Crippen LogP contribution in [0.2, 0.25) is 0 Å². The van der Waals surface area contributed by atoms with Crippen LogP contribution in [0.5, 0.6) is 0 Å². The van der Waals surface area contributed by atoms with E-state index in [-0.39, 0.29) is 5.82 Å². The van der Waals surface area contributed by atoms with Crippen LogP contribution in [-0.2, 0) is 6.42 Å². The summed E-state index contributed by atoms with van der Waals surface area (Å²) in [5, 5.41) is 0.983. The van der Waals surface area contributed by atoms with Crippen molar-refractivity contribution < 1.29 is 4.39 Å². The molecule has 0 saturated carbocycles. The second-order valence-electron chi connectivity index (χ2n) is 2.53. The van der Waals surface area contributed by atoms with Crippen molar-refractivity contribution in [3.05, 3.63) is 34.1 Å². The SMILES string of the molecule is Fc1ccc(CCCBr)c(Br)c1. The molecular weight excluding hydrogens is 287 g/mol. The van der Waals surface area contributed by atoms with Gasteiger partial charge in [-0.2, -0.15) is 0 Å². The molecule has 0 bridgehead atoms. The number of hydrogen-bond donors (Lipinski definition) is 0. The second kappa shape index (κ2) is 4.97. The van der Waals surface area contributed by atoms with Gasteiger partial charge in [-0.05, 0) is 30.5 Å². The molecule has 0 aliphatic rings. The highest BCUT2D eigenvalue weighted by atomic mass is 79.9. The summed E-state index contributed by atoms with van der Waals surface area (Å²) in [5.41, 5.74) is 1.16. The van der Waals surface area contributed by atoms with Crippen molar-refractivity contribution >= 4 is 31.9 Å². The maximum absolute atomic E-state index is 12.6. The molecule has 0 spiro atoms. The van der Waals surface area contributed by atoms with Gasteiger partial charge in [0, 0.05) is 9.80 Å². The molecule has 0 unspecified atom stereocenters. The van der Waals surface area contributed by atoms with Crippen molar-refractivity contribution in [1.29, 1.82) is 0 Å². The van der Waals surface area contributed by atoms with Gasteiger partial charge in [-0.1, -0.05) is 37.9 Å². The van der Waals surface area contributed by atoms with Crippen LogP contribution in [0, 0.1) is 5.82 Å². The first kappa shape index (κ1) is 10.2. The van der Waals surface area contributed by atoms with Gasteiger partial charge in [0.2, 0.25) is 0 Å². The molecule has 0 atom stereocenters. The Bertz CT molecular complexity index is 261. The second-order valence-corrected chi connectivity index (χ2v) is 4.18. The van der Waals surface area contributed by atoms with Gasteiger partial charge in [-0.3, -0.25) is 0 Å². The van der Waals surface area contributed by atoms with Crippen molar-refractivity contribution in [2.45, 2.75) is 12.8 Å². The molecule has 66 valence electrons. The van der Waals surface area contributed by atoms with E-state index in [2.05, 4.69) is 31.9 Å². The van der Waals surface area contributed by atoms with Crippen LogP contribution in [0.1, 0.15) is 12.0 Å². The number of alkyl halides is 1. The lowest BCUT2D eigenvalue weighted by atomic mass is 10.1. The van der Waals surface area contributed by atoms with E-state index in [4.69, 9.17) is 0 Å². The lowest BCUT2D eigenvalue weighted by molar-refractivity contribution is 0.626. The van der Waals surface area contributed by atoms with Crippen molar-refractivity contribution in [1.82, 2.24) is 0 Å². The third-order valence-corrected chi connectivity index (χ3v) is 2.89. The van der Waals surface area contributed by atoms with E-state index in [0.29, 0.717) is 0 Å². The Morgan fingerprint density at radius 1 is 1.33 bits per heavy atom. The fraction of sp³-hybridized carbons (Fsp3) is 0.333. The minimum Gasteiger partial charge on any atom is -0.207 e. The lowest BCUT2D eigenvalue weighted by Crippen LogP contribution is -1.88. The third kappa shape index (κ3) is 2.87. The zero-order valence-corrected chi connectivity index (χ0v) is 9.66. The first-order valence-electron chi connectivity index (χ1n) is 3.74. The fourth-order valence-electron chi connectivity index (χ4n) is 0.982. The van der Waals surface area contributed by atoms with E-state index < -0.39 is 0 Å². The summed E-state index contributed by atoms with van der Waals surface area (Å²) < 4.78 is 13.5. The number of aryl methyl sites for hydroxylation is 1. The van der Waals surface area contributed by atoms with Gasteiger partial charge in [0.05, 0.1) is 0 Å². The van der Waals surface area contributed by atoms with E-state index >= 15 is 0 Å². The third-order valence-electron chi connectivity index (χ3n) is 1.59. The monoisotopic (exact) mass is 294 g/mol. The van der Waals surface area contributed by atoms with Gasteiger partial charge < -0.3 is 0 Å². The Labute approximate surface area is 88.4 Å². The van der Waals surface area contributed by atoms with Gasteiger partial charge in [-0.15, -0.1) is 0 Å². The van der Waals surface area contributed by atoms with Gasteiger partial charge in [-0.25, -0.2) is 4.39 Å². The van der Waals surface area contributed by atoms with Crippen molar-refractivity contribution in [2.24, 2.45) is 0 Å². The van der Waals surface area contributed by atoms with Crippen LogP contribution in [0.15, 0.2) is 22.7 Å². The van der Waals surface area contributed by atoms with Crippen LogP contribution in [-0.4, -0.2) is 5.33 Å². The summed E-state index contributed by atoms with van der Waals surface area (Å²) in [6, 6.07) is 4.82. The standard InChI is InChI=1S/C9H9Br2F/c10-5-1-2-7-3-4-8(12)6-9(7)11/h3-4,6H,1-2,5H2. The Kier molecular flexibility index (Phi) is 4.22. The van der Waals surface area contributed by atoms with E-state index in [9.17, 15) is 4.39 Å². The Morgan fingerprint density at radius 3 is 2.67 bits per heavy atom. The quantitative estimate of drug-likeness (QED) is 0.742. The van der Waals surface area contributed by atoms with Gasteiger partial charge in [0.1, 0.15) is 5.82 Å². The molecule has 0 heterocycles. The highest BCUT2D eigenvalue weighted by Crippen LogP contribution is 2.19. The Hall–Kier alpha value is 0.110. The molecule has 0 aromatic heterocycles. The van der Waals surface area contributed by atoms with Crippen LogP contribution < -0.4 is 0 Å². The molecule has 0 amide bonds. The maximum Gasteiger partial charge on any atom is 0.124 e. The molecule has 0 nitrogen and oxygen atoms in total. The zero-order chi connectivity index (χ0) is 8.97. The molecule has 0 N–H and O–H groups in total. The minimum atomic E-state index is -0.190. The summed E-state index contributed by atoms with van der Waals surface area (Å²) in [7, 11) is 0. The number of hydrogen-bond acceptors (Lipinski definition) is 0. The largest absolute Gasteiger partial charge is 0.207 e. The predicted molar refractivity (Wildman–Crippen MR) is 56.2 cm³/mol. The normalized spacial score (nSPS) is 10.2. The van der Waals surface area contributed by atoms with Crippen molar-refractivity contribution in [3.8, 4) is 0 Å². The van der Waals surface area contributed by atoms with Crippen LogP contribution in [0.4, 0.5) is 4.39 Å². The molecule has 0 aliphatic carbocycles. The van der Waals surface area contributed by atoms with E-state index in [1.807, 2.05) is 6.07 Å². The average Bonchev–Trinajstić information content (AvgIpc) is 2.03. The lowest BCUT2D eigenvalue weighted by Gasteiger charge is -2.02. The van der Waals surface area contributed by atoms with Crippen LogP contribution in [0.3, 0.4) is 0 Å². The number of halogens is 3. The summed E-state index contributed by atoms with van der Waals surface area (Å²) in [6.45, 7) is 0. The van der Waals surface area contributed by atoms with Gasteiger partial charge in [0.25, 0.3) is 0 Å². The zero-order valence-electron chi connectivity index (χ0n) is 6.49. The molecule has 1 rings (SSSR count). The van der Waals surface area contributed by atoms with Crippen LogP contribution >= 0.6 is 31.9 Å². The van der Waals surface area contributed by atoms with Crippen molar-refractivity contribution in [2.75, 3.05) is 5.33 Å². The van der Waals surface area contributed by atoms with Gasteiger partial charge >= 0.3 is 0 Å². The molecule has 1 aromatic rings. The van der Waals surface area contributed by atoms with Crippen LogP contribution in [0.25, 0.3) is 0 Å². The van der Waals surface area contributed by atoms with E-state index in [1.165, 1.54) is 12.1 Å². The summed E-state index contributed by atoms with van der Waals surface area (Å²) >= 11 is 6.68. The molecule has 0 radical (unpaired) electrons. The topological polar surface area (TPSA) is 0 Å². The summed E-state index contributed by atoms with van der Waals surface area (Å²) in [5.74, 6) is -0.190. The number of rotatable bonds is 3. The maximum atomic E-state index is 12.6. The molecule has 1 aromatic carbocycles. The molecule has 0 fully saturated rings. The average molecular weight is 296 g/mol. The Balaban J connectivity index is 2.72. The number of benzene rings is 1. The van der Waals surface area contributed by atoms with Gasteiger partial charge in [0.15, 0.2) is 0 Å². The summed E-state index contributed by atoms with van der Waals surface area (Å²) in [6.07, 6.45) is 2.05. The van der Waals surface area contributed by atoms with E-state index in [1.54, 1.807) is 0 Å². The predicted octanol–water partition coefficient (Wildman–Crippen LogP) is 3.92. The van der Waals surface area contributed by atoms with E-state index in [0.717, 1.165) is 28.2 Å². The molecule has 3 heteroatoms. The molecule has 12 heavy (non-hydrogen) atoms. The highest BCUT2D eigenvalue weighted by molar-refractivity contribution is 9.10. The first-order chi connectivity index (χ1) is 5.74. The smallest absolute Gasteiger partial charge is 0.124 e. The van der Waals surface area contributed by atoms with Crippen molar-refractivity contribution in [3.63, 3.8) is 0 Å². The molecule has 0 aliphatic heterocycles. The molecular formula is C9H9Br2F. The first-order valence-corrected chi connectivity index (χ1v) is 5.65. The Morgan fingerprint density at radius 2 is 2.08 bits per heavy atom.